The maximum Gasteiger partial charge on any atom is 0.420 e. The fraction of sp³-hybridized carbons (Fsp3) is 0.579. The number of benzene rings is 1. The van der Waals surface area contributed by atoms with Gasteiger partial charge in [-0.15, -0.1) is 0 Å². The summed E-state index contributed by atoms with van der Waals surface area (Å²) in [5.41, 5.74) is 0.479. The minimum absolute atomic E-state index is 0.0734. The molecule has 1 aromatic carbocycles. The molecule has 28 heavy (non-hydrogen) atoms. The second-order valence-electron chi connectivity index (χ2n) is 6.50. The third-order valence-corrected chi connectivity index (χ3v) is 6.29. The molecule has 0 saturated carbocycles. The monoisotopic (exact) mass is 412 g/mol. The highest BCUT2D eigenvalue weighted by atomic mass is 32.2. The van der Waals surface area contributed by atoms with Gasteiger partial charge in [0.1, 0.15) is 6.54 Å². The summed E-state index contributed by atoms with van der Waals surface area (Å²) in [4.78, 5) is 23.9. The lowest BCUT2D eigenvalue weighted by Gasteiger charge is -2.21. The predicted molar refractivity (Wildman–Crippen MR) is 106 cm³/mol. The Balaban J connectivity index is 2.39. The molecule has 0 radical (unpaired) electrons. The molecule has 0 fully saturated rings. The molecule has 0 aliphatic heterocycles. The Morgan fingerprint density at radius 3 is 2.36 bits per heavy atom. The summed E-state index contributed by atoms with van der Waals surface area (Å²) in [6, 6.07) is 4.28. The van der Waals surface area contributed by atoms with Crippen LogP contribution >= 0.6 is 0 Å². The largest absolute Gasteiger partial charge is 0.465 e. The summed E-state index contributed by atoms with van der Waals surface area (Å²) in [6.07, 6.45) is 3.33. The first-order valence-electron chi connectivity index (χ1n) is 9.64. The molecule has 0 unspecified atom stereocenters. The lowest BCUT2D eigenvalue weighted by Crippen LogP contribution is -2.33. The zero-order valence-electron chi connectivity index (χ0n) is 16.6. The maximum absolute atomic E-state index is 13.1. The molecule has 2 aromatic rings. The number of aromatic nitrogens is 1. The third kappa shape index (κ3) is 5.02. The summed E-state index contributed by atoms with van der Waals surface area (Å²) in [6.45, 7) is 6.51. The quantitative estimate of drug-likeness (QED) is 0.526. The minimum atomic E-state index is -3.70. The van der Waals surface area contributed by atoms with Gasteiger partial charge in [-0.25, -0.2) is 13.2 Å². The van der Waals surface area contributed by atoms with Crippen LogP contribution in [0.5, 0.6) is 0 Å². The van der Waals surface area contributed by atoms with Crippen molar-refractivity contribution in [2.24, 2.45) is 0 Å². The van der Waals surface area contributed by atoms with Gasteiger partial charge >= 0.3 is 11.7 Å². The molecule has 0 spiro atoms. The highest BCUT2D eigenvalue weighted by molar-refractivity contribution is 7.89. The standard InChI is InChI=1S/C19H28N2O6S/c1-4-7-11-20(12-8-5-2)28(24,25)15-9-10-16-17(13-15)27-19(23)21(16)14-18(22)26-6-3/h9-10,13H,4-8,11-12,14H2,1-3H3. The van der Waals surface area contributed by atoms with Gasteiger partial charge in [-0.3, -0.25) is 9.36 Å². The summed E-state index contributed by atoms with van der Waals surface area (Å²) in [5.74, 6) is -1.29. The Morgan fingerprint density at radius 2 is 1.79 bits per heavy atom. The number of oxazole rings is 1. The fourth-order valence-corrected chi connectivity index (χ4v) is 4.40. The van der Waals surface area contributed by atoms with E-state index in [4.69, 9.17) is 9.15 Å². The molecule has 156 valence electrons. The average molecular weight is 413 g/mol. The number of esters is 1. The first-order chi connectivity index (χ1) is 13.3. The fourth-order valence-electron chi connectivity index (χ4n) is 2.86. The number of carbonyl (C=O) groups is 1. The Hall–Kier alpha value is -2.13. The molecule has 9 heteroatoms. The Kier molecular flexibility index (Phi) is 7.82. The van der Waals surface area contributed by atoms with Crippen LogP contribution in [0.2, 0.25) is 0 Å². The van der Waals surface area contributed by atoms with Gasteiger partial charge in [0.25, 0.3) is 0 Å². The topological polar surface area (TPSA) is 98.8 Å². The van der Waals surface area contributed by atoms with Crippen LogP contribution in [0.3, 0.4) is 0 Å². The highest BCUT2D eigenvalue weighted by Crippen LogP contribution is 2.22. The Labute approximate surface area is 165 Å². The second kappa shape index (κ2) is 9.88. The zero-order chi connectivity index (χ0) is 20.7. The van der Waals surface area contributed by atoms with Crippen molar-refractivity contribution in [2.45, 2.75) is 57.9 Å². The highest BCUT2D eigenvalue weighted by Gasteiger charge is 2.25. The van der Waals surface area contributed by atoms with Gasteiger partial charge in [0.05, 0.1) is 17.0 Å². The molecular weight excluding hydrogens is 384 g/mol. The van der Waals surface area contributed by atoms with E-state index in [9.17, 15) is 18.0 Å². The van der Waals surface area contributed by atoms with Crippen molar-refractivity contribution in [3.63, 3.8) is 0 Å². The van der Waals surface area contributed by atoms with Gasteiger partial charge in [0.2, 0.25) is 10.0 Å². The molecule has 0 amide bonds. The SMILES string of the molecule is CCCCN(CCCC)S(=O)(=O)c1ccc2c(c1)oc(=O)n2CC(=O)OCC. The van der Waals surface area contributed by atoms with E-state index in [-0.39, 0.29) is 23.6 Å². The zero-order valence-corrected chi connectivity index (χ0v) is 17.5. The van der Waals surface area contributed by atoms with Crippen molar-refractivity contribution < 1.29 is 22.4 Å². The van der Waals surface area contributed by atoms with Crippen LogP contribution in [-0.4, -0.2) is 43.0 Å². The van der Waals surface area contributed by atoms with Crippen molar-refractivity contribution in [1.82, 2.24) is 8.87 Å². The number of unbranched alkanes of at least 4 members (excludes halogenated alkanes) is 2. The number of hydrogen-bond acceptors (Lipinski definition) is 6. The van der Waals surface area contributed by atoms with Crippen molar-refractivity contribution >= 4 is 27.1 Å². The van der Waals surface area contributed by atoms with Crippen LogP contribution in [-0.2, 0) is 26.1 Å². The predicted octanol–water partition coefficient (Wildman–Crippen LogP) is 2.75. The first kappa shape index (κ1) is 22.2. The van der Waals surface area contributed by atoms with E-state index in [0.717, 1.165) is 30.3 Å². The number of fused-ring (bicyclic) bond motifs is 1. The van der Waals surface area contributed by atoms with Crippen LogP contribution in [0.15, 0.2) is 32.3 Å². The van der Waals surface area contributed by atoms with E-state index in [1.807, 2.05) is 13.8 Å². The summed E-state index contributed by atoms with van der Waals surface area (Å²) in [5, 5.41) is 0. The minimum Gasteiger partial charge on any atom is -0.465 e. The molecule has 0 bridgehead atoms. The van der Waals surface area contributed by atoms with Crippen LogP contribution in [0.4, 0.5) is 0 Å². The van der Waals surface area contributed by atoms with Gasteiger partial charge in [0, 0.05) is 19.2 Å². The number of rotatable bonds is 11. The van der Waals surface area contributed by atoms with Crippen LogP contribution in [0.1, 0.15) is 46.5 Å². The number of nitrogens with zero attached hydrogens (tertiary/aromatic N) is 2. The van der Waals surface area contributed by atoms with Crippen LogP contribution < -0.4 is 5.76 Å². The van der Waals surface area contributed by atoms with E-state index in [2.05, 4.69) is 0 Å². The number of ether oxygens (including phenoxy) is 1. The average Bonchev–Trinajstić information content (AvgIpc) is 2.96. The molecule has 0 aliphatic rings. The van der Waals surface area contributed by atoms with Gasteiger partial charge in [0.15, 0.2) is 5.58 Å². The van der Waals surface area contributed by atoms with Crippen LogP contribution in [0, 0.1) is 0 Å². The molecule has 8 nitrogen and oxygen atoms in total. The maximum atomic E-state index is 13.1. The van der Waals surface area contributed by atoms with Crippen molar-refractivity contribution in [3.8, 4) is 0 Å². The Morgan fingerprint density at radius 1 is 1.14 bits per heavy atom. The smallest absolute Gasteiger partial charge is 0.420 e. The summed E-state index contributed by atoms with van der Waals surface area (Å²) >= 11 is 0. The van der Waals surface area contributed by atoms with Gasteiger partial charge < -0.3 is 9.15 Å². The number of carbonyl (C=O) groups excluding carboxylic acids is 1. The lowest BCUT2D eigenvalue weighted by atomic mass is 10.3. The molecule has 0 atom stereocenters. The van der Waals surface area contributed by atoms with Crippen molar-refractivity contribution in [2.75, 3.05) is 19.7 Å². The normalized spacial score (nSPS) is 12.0. The second-order valence-corrected chi connectivity index (χ2v) is 8.44. The number of hydrogen-bond donors (Lipinski definition) is 0. The van der Waals surface area contributed by atoms with Crippen molar-refractivity contribution in [1.29, 1.82) is 0 Å². The molecule has 0 saturated heterocycles. The van der Waals surface area contributed by atoms with E-state index < -0.39 is 21.7 Å². The molecule has 0 aliphatic carbocycles. The summed E-state index contributed by atoms with van der Waals surface area (Å²) < 4.78 is 38.8. The summed E-state index contributed by atoms with van der Waals surface area (Å²) in [7, 11) is -3.70. The molecule has 0 N–H and O–H groups in total. The van der Waals surface area contributed by atoms with Gasteiger partial charge in [-0.2, -0.15) is 4.31 Å². The van der Waals surface area contributed by atoms with Gasteiger partial charge in [-0.05, 0) is 31.9 Å². The lowest BCUT2D eigenvalue weighted by molar-refractivity contribution is -0.143. The molecular formula is C19H28N2O6S. The molecule has 1 aromatic heterocycles. The van der Waals surface area contributed by atoms with E-state index in [1.165, 1.54) is 22.5 Å². The van der Waals surface area contributed by atoms with Crippen LogP contribution in [0.25, 0.3) is 11.1 Å². The number of sulfonamides is 1. The van der Waals surface area contributed by atoms with E-state index >= 15 is 0 Å². The van der Waals surface area contributed by atoms with E-state index in [0.29, 0.717) is 18.6 Å². The Bertz CT molecular complexity index is 952. The van der Waals surface area contributed by atoms with E-state index in [1.54, 1.807) is 6.92 Å². The van der Waals surface area contributed by atoms with Crippen molar-refractivity contribution in [3.05, 3.63) is 28.7 Å². The third-order valence-electron chi connectivity index (χ3n) is 4.39. The first-order valence-corrected chi connectivity index (χ1v) is 11.1. The molecule has 2 rings (SSSR count). The van der Waals surface area contributed by atoms with Gasteiger partial charge in [-0.1, -0.05) is 26.7 Å². The molecule has 1 heterocycles.